The lowest BCUT2D eigenvalue weighted by molar-refractivity contribution is 0.628. The molecule has 0 atom stereocenters. The molecule has 0 saturated heterocycles. The lowest BCUT2D eigenvalue weighted by atomic mass is 10.3. The summed E-state index contributed by atoms with van der Waals surface area (Å²) in [4.78, 5) is 13.5. The van der Waals surface area contributed by atoms with E-state index in [1.54, 1.807) is 6.07 Å². The molecule has 0 aliphatic heterocycles. The van der Waals surface area contributed by atoms with E-state index in [9.17, 15) is 4.39 Å². The Morgan fingerprint density at radius 3 is 2.46 bits per heavy atom. The molecule has 1 aliphatic rings. The zero-order valence-electron chi connectivity index (χ0n) is 15.7. The van der Waals surface area contributed by atoms with Crippen LogP contribution in [-0.4, -0.2) is 27.1 Å². The Kier molecular flexibility index (Phi) is 6.74. The summed E-state index contributed by atoms with van der Waals surface area (Å²) in [5.74, 6) is 0.445. The maximum atomic E-state index is 13.3. The van der Waals surface area contributed by atoms with Crippen molar-refractivity contribution < 1.29 is 4.39 Å². The van der Waals surface area contributed by atoms with Crippen LogP contribution in [0.2, 0.25) is 5.02 Å². The fourth-order valence-corrected chi connectivity index (χ4v) is 3.44. The van der Waals surface area contributed by atoms with Crippen LogP contribution in [0, 0.1) is 19.7 Å². The topological polar surface area (TPSA) is 74.2 Å². The maximum Gasteiger partial charge on any atom is 0.229 e. The van der Waals surface area contributed by atoms with Crippen LogP contribution in [0.5, 0.6) is 0 Å². The molecule has 28 heavy (non-hydrogen) atoms. The summed E-state index contributed by atoms with van der Waals surface area (Å²) < 4.78 is 13.3. The van der Waals surface area contributed by atoms with Gasteiger partial charge in [0.2, 0.25) is 11.9 Å². The van der Waals surface area contributed by atoms with Crippen molar-refractivity contribution in [3.05, 3.63) is 46.5 Å². The molecule has 0 spiro atoms. The van der Waals surface area contributed by atoms with Crippen molar-refractivity contribution in [2.24, 2.45) is 4.99 Å². The summed E-state index contributed by atoms with van der Waals surface area (Å²) in [5.41, 5.74) is 2.29. The number of benzene rings is 1. The molecular formula is C19H22ClFN6S. The van der Waals surface area contributed by atoms with Crippen LogP contribution in [0.4, 0.5) is 16.0 Å². The van der Waals surface area contributed by atoms with Crippen LogP contribution in [0.1, 0.15) is 37.1 Å². The summed E-state index contributed by atoms with van der Waals surface area (Å²) in [5, 5.41) is 9.49. The predicted octanol–water partition coefficient (Wildman–Crippen LogP) is 4.58. The van der Waals surface area contributed by atoms with Crippen molar-refractivity contribution >= 4 is 46.5 Å². The first-order valence-corrected chi connectivity index (χ1v) is 9.88. The quantitative estimate of drug-likeness (QED) is 0.383. The zero-order chi connectivity index (χ0) is 20.1. The van der Waals surface area contributed by atoms with Gasteiger partial charge in [-0.1, -0.05) is 24.4 Å². The van der Waals surface area contributed by atoms with Gasteiger partial charge in [-0.05, 0) is 63.2 Å². The summed E-state index contributed by atoms with van der Waals surface area (Å²) in [6.45, 7) is 3.82. The van der Waals surface area contributed by atoms with Gasteiger partial charge in [0.25, 0.3) is 0 Å². The maximum absolute atomic E-state index is 13.3. The normalized spacial score (nSPS) is 14.8. The number of aliphatic imine (C=N–C) groups is 1. The molecule has 9 heteroatoms. The number of aryl methyl sites for hydroxylation is 2. The van der Waals surface area contributed by atoms with Crippen LogP contribution < -0.4 is 16.0 Å². The summed E-state index contributed by atoms with van der Waals surface area (Å²) in [7, 11) is 0. The molecule has 6 nitrogen and oxygen atoms in total. The molecule has 1 saturated carbocycles. The lowest BCUT2D eigenvalue weighted by Gasteiger charge is -2.16. The van der Waals surface area contributed by atoms with Crippen molar-refractivity contribution in [3.63, 3.8) is 0 Å². The van der Waals surface area contributed by atoms with Crippen molar-refractivity contribution in [1.82, 2.24) is 15.3 Å². The monoisotopic (exact) mass is 420 g/mol. The van der Waals surface area contributed by atoms with Gasteiger partial charge in [-0.15, -0.1) is 0 Å². The molecule has 0 radical (unpaired) electrons. The number of hydrogen-bond donors (Lipinski definition) is 3. The van der Waals surface area contributed by atoms with Gasteiger partial charge < -0.3 is 10.6 Å². The third-order valence-electron chi connectivity index (χ3n) is 4.26. The highest BCUT2D eigenvalue weighted by atomic mass is 35.5. The average molecular weight is 421 g/mol. The van der Waals surface area contributed by atoms with Gasteiger partial charge in [0.15, 0.2) is 5.11 Å². The Morgan fingerprint density at radius 1 is 1.14 bits per heavy atom. The molecule has 0 amide bonds. The third kappa shape index (κ3) is 5.84. The molecule has 3 rings (SSSR count). The minimum absolute atomic E-state index is 0.0226. The summed E-state index contributed by atoms with van der Waals surface area (Å²) in [6.07, 6.45) is 4.40. The van der Waals surface area contributed by atoms with Gasteiger partial charge >= 0.3 is 0 Å². The second-order valence-corrected chi connectivity index (χ2v) is 7.54. The van der Waals surface area contributed by atoms with Gasteiger partial charge in [-0.3, -0.25) is 5.32 Å². The highest BCUT2D eigenvalue weighted by Crippen LogP contribution is 2.21. The van der Waals surface area contributed by atoms with E-state index in [-0.39, 0.29) is 11.1 Å². The predicted molar refractivity (Wildman–Crippen MR) is 116 cm³/mol. The van der Waals surface area contributed by atoms with E-state index in [0.29, 0.717) is 22.7 Å². The first-order chi connectivity index (χ1) is 13.4. The van der Waals surface area contributed by atoms with Crippen molar-refractivity contribution in [3.8, 4) is 0 Å². The number of nitrogens with one attached hydrogen (secondary N) is 3. The van der Waals surface area contributed by atoms with Gasteiger partial charge in [0.1, 0.15) is 5.82 Å². The van der Waals surface area contributed by atoms with E-state index in [2.05, 4.69) is 25.9 Å². The number of rotatable bonds is 3. The molecule has 1 heterocycles. The van der Waals surface area contributed by atoms with Crippen LogP contribution in [0.3, 0.4) is 0 Å². The molecule has 2 aromatic rings. The van der Waals surface area contributed by atoms with Crippen molar-refractivity contribution in [2.45, 2.75) is 45.6 Å². The fourth-order valence-electron chi connectivity index (χ4n) is 3.04. The van der Waals surface area contributed by atoms with Crippen molar-refractivity contribution in [2.75, 3.05) is 10.6 Å². The van der Waals surface area contributed by atoms with E-state index >= 15 is 0 Å². The minimum atomic E-state index is -0.483. The number of guanidine groups is 1. The van der Waals surface area contributed by atoms with E-state index in [4.69, 9.17) is 28.8 Å². The van der Waals surface area contributed by atoms with Crippen LogP contribution in [0.15, 0.2) is 29.3 Å². The zero-order valence-corrected chi connectivity index (χ0v) is 17.3. The largest absolute Gasteiger partial charge is 0.332 e. The second kappa shape index (κ2) is 9.25. The first-order valence-electron chi connectivity index (χ1n) is 9.09. The van der Waals surface area contributed by atoms with E-state index < -0.39 is 5.82 Å². The number of nitrogens with zero attached hydrogens (tertiary/aromatic N) is 3. The Hall–Kier alpha value is -2.32. The first kappa shape index (κ1) is 20.4. The van der Waals surface area contributed by atoms with Gasteiger partial charge in [-0.25, -0.2) is 19.4 Å². The highest BCUT2D eigenvalue weighted by Gasteiger charge is 2.16. The molecule has 1 fully saturated rings. The van der Waals surface area contributed by atoms with Crippen molar-refractivity contribution in [1.29, 1.82) is 0 Å². The highest BCUT2D eigenvalue weighted by molar-refractivity contribution is 7.80. The standard InChI is InChI=1S/C19H22ClFN6S/c1-11-9-12(2)23-17(22-11)26-18(24-13-5-3-4-6-13)27-19(28)25-14-7-8-16(21)15(20)10-14/h7-10,13H,3-6H2,1-2H3,(H3,22,23,24,25,26,27,28). The molecule has 3 N–H and O–H groups in total. The Morgan fingerprint density at radius 2 is 1.82 bits per heavy atom. The SMILES string of the molecule is Cc1cc(C)nc(NC(=NC2CCCC2)NC(=S)Nc2ccc(F)c(Cl)c2)n1. The molecule has 1 aromatic carbocycles. The molecule has 1 aliphatic carbocycles. The number of halogens is 2. The Balaban J connectivity index is 1.74. The molecule has 148 valence electrons. The number of thiocarbonyl (C=S) groups is 1. The fraction of sp³-hybridized carbons (Fsp3) is 0.368. The minimum Gasteiger partial charge on any atom is -0.332 e. The van der Waals surface area contributed by atoms with Gasteiger partial charge in [0, 0.05) is 17.1 Å². The van der Waals surface area contributed by atoms with Gasteiger partial charge in [-0.2, -0.15) is 0 Å². The van der Waals surface area contributed by atoms with E-state index in [0.717, 1.165) is 37.1 Å². The second-order valence-electron chi connectivity index (χ2n) is 6.72. The Labute approximate surface area is 174 Å². The van der Waals surface area contributed by atoms with E-state index in [1.165, 1.54) is 12.1 Å². The number of anilines is 2. The van der Waals surface area contributed by atoms with Crippen LogP contribution in [-0.2, 0) is 0 Å². The Bertz CT molecular complexity index is 878. The smallest absolute Gasteiger partial charge is 0.229 e. The summed E-state index contributed by atoms with van der Waals surface area (Å²) >= 11 is 11.2. The number of aromatic nitrogens is 2. The summed E-state index contributed by atoms with van der Waals surface area (Å²) in [6, 6.07) is 6.44. The molecule has 1 aromatic heterocycles. The third-order valence-corrected chi connectivity index (χ3v) is 4.75. The van der Waals surface area contributed by atoms with E-state index in [1.807, 2.05) is 19.9 Å². The molecular weight excluding hydrogens is 399 g/mol. The molecule has 0 unspecified atom stereocenters. The average Bonchev–Trinajstić information content (AvgIpc) is 3.10. The van der Waals surface area contributed by atoms with Crippen LogP contribution >= 0.6 is 23.8 Å². The lowest BCUT2D eigenvalue weighted by Crippen LogP contribution is -2.40. The number of hydrogen-bond acceptors (Lipinski definition) is 4. The van der Waals surface area contributed by atoms with Gasteiger partial charge in [0.05, 0.1) is 11.1 Å². The van der Waals surface area contributed by atoms with Crippen LogP contribution in [0.25, 0.3) is 0 Å². The molecule has 0 bridgehead atoms.